The number of ether oxygens (including phenoxy) is 1. The number of nitrogens with one attached hydrogen (secondary N) is 2. The van der Waals surface area contributed by atoms with Crippen molar-refractivity contribution in [2.45, 2.75) is 51.1 Å². The van der Waals surface area contributed by atoms with E-state index in [9.17, 15) is 19.5 Å². The molecule has 0 bridgehead atoms. The molecule has 38 heavy (non-hydrogen) atoms. The molecule has 4 atom stereocenters. The molecule has 0 aromatic heterocycles. The third kappa shape index (κ3) is 11.1. The van der Waals surface area contributed by atoms with Crippen molar-refractivity contribution in [3.8, 4) is 0 Å². The van der Waals surface area contributed by atoms with Gasteiger partial charge in [0.25, 0.3) is 0 Å². The van der Waals surface area contributed by atoms with E-state index in [0.29, 0.717) is 25.7 Å². The minimum atomic E-state index is -0.631. The molecular formula is C31H40N2O5. The van der Waals surface area contributed by atoms with Crippen LogP contribution >= 0.6 is 0 Å². The van der Waals surface area contributed by atoms with Gasteiger partial charge in [-0.05, 0) is 43.7 Å². The summed E-state index contributed by atoms with van der Waals surface area (Å²) in [6, 6.07) is 18.4. The lowest BCUT2D eigenvalue weighted by Crippen LogP contribution is -2.44. The van der Waals surface area contributed by atoms with E-state index in [1.807, 2.05) is 60.7 Å². The summed E-state index contributed by atoms with van der Waals surface area (Å²) in [7, 11) is 0. The van der Waals surface area contributed by atoms with E-state index in [2.05, 4.69) is 23.8 Å². The number of aliphatic hydroxyl groups is 1. The highest BCUT2D eigenvalue weighted by Gasteiger charge is 2.25. The molecule has 0 aliphatic heterocycles. The van der Waals surface area contributed by atoms with Gasteiger partial charge in [-0.3, -0.25) is 14.4 Å². The first kappa shape index (κ1) is 30.5. The minimum absolute atomic E-state index is 0.0175. The monoisotopic (exact) mass is 520 g/mol. The van der Waals surface area contributed by atoms with Crippen molar-refractivity contribution in [1.82, 2.24) is 10.6 Å². The van der Waals surface area contributed by atoms with Gasteiger partial charge in [0.05, 0.1) is 30.5 Å². The van der Waals surface area contributed by atoms with Crippen molar-refractivity contribution in [2.24, 2.45) is 11.8 Å². The third-order valence-electron chi connectivity index (χ3n) is 6.14. The molecule has 0 heterocycles. The number of carbonyl (C=O) groups is 3. The Bertz CT molecular complexity index is 1030. The van der Waals surface area contributed by atoms with E-state index < -0.39 is 18.0 Å². The zero-order valence-electron chi connectivity index (χ0n) is 22.2. The zero-order chi connectivity index (χ0) is 27.8. The molecule has 7 nitrogen and oxygen atoms in total. The second kappa shape index (κ2) is 16.9. The molecule has 2 amide bonds. The SMILES string of the molecule is C=CC[C@H](CC(=O)N[C@H](CO)Cc1ccccc1)C(=O)N[C@@H](C)COC(=O)[C@H](CC=C)Cc1ccccc1. The summed E-state index contributed by atoms with van der Waals surface area (Å²) in [6.45, 7) is 9.00. The van der Waals surface area contributed by atoms with E-state index in [1.54, 1.807) is 19.1 Å². The fraction of sp³-hybridized carbons (Fsp3) is 0.387. The van der Waals surface area contributed by atoms with Crippen molar-refractivity contribution in [3.63, 3.8) is 0 Å². The molecule has 0 fully saturated rings. The van der Waals surface area contributed by atoms with E-state index in [4.69, 9.17) is 4.74 Å². The highest BCUT2D eigenvalue weighted by molar-refractivity contribution is 5.86. The van der Waals surface area contributed by atoms with Crippen molar-refractivity contribution < 1.29 is 24.2 Å². The number of carbonyl (C=O) groups excluding carboxylic acids is 3. The van der Waals surface area contributed by atoms with Crippen molar-refractivity contribution in [3.05, 3.63) is 97.1 Å². The molecule has 2 aromatic rings. The molecule has 204 valence electrons. The number of benzene rings is 2. The van der Waals surface area contributed by atoms with Crippen LogP contribution in [0, 0.1) is 11.8 Å². The molecule has 0 aliphatic carbocycles. The predicted molar refractivity (Wildman–Crippen MR) is 149 cm³/mol. The van der Waals surface area contributed by atoms with E-state index >= 15 is 0 Å². The summed E-state index contributed by atoms with van der Waals surface area (Å²) in [4.78, 5) is 38.3. The van der Waals surface area contributed by atoms with Crippen LogP contribution in [0.1, 0.15) is 37.3 Å². The van der Waals surface area contributed by atoms with Crippen molar-refractivity contribution >= 4 is 17.8 Å². The first-order valence-electron chi connectivity index (χ1n) is 13.0. The number of hydrogen-bond acceptors (Lipinski definition) is 5. The molecule has 2 rings (SSSR count). The highest BCUT2D eigenvalue weighted by atomic mass is 16.5. The Kier molecular flexibility index (Phi) is 13.6. The lowest BCUT2D eigenvalue weighted by Gasteiger charge is -2.22. The Morgan fingerprint density at radius 2 is 1.42 bits per heavy atom. The number of hydrogen-bond donors (Lipinski definition) is 3. The zero-order valence-corrected chi connectivity index (χ0v) is 22.2. The van der Waals surface area contributed by atoms with E-state index in [-0.39, 0.29) is 43.3 Å². The van der Waals surface area contributed by atoms with E-state index in [0.717, 1.165) is 11.1 Å². The maximum Gasteiger partial charge on any atom is 0.309 e. The molecule has 0 radical (unpaired) electrons. The summed E-state index contributed by atoms with van der Waals surface area (Å²) >= 11 is 0. The summed E-state index contributed by atoms with van der Waals surface area (Å²) in [5.41, 5.74) is 2.03. The van der Waals surface area contributed by atoms with Gasteiger partial charge in [-0.1, -0.05) is 72.8 Å². The van der Waals surface area contributed by atoms with Gasteiger partial charge >= 0.3 is 5.97 Å². The Morgan fingerprint density at radius 3 is 1.97 bits per heavy atom. The standard InChI is InChI=1S/C31H40N2O5/c1-4-12-26(20-29(35)33-28(21-34)19-25-16-10-7-11-17-25)30(36)32-23(3)22-38-31(37)27(13-5-2)18-24-14-8-6-9-15-24/h4-11,14-17,23,26-28,34H,1-2,12-13,18-22H2,3H3,(H,32,36)(H,33,35)/t23-,26+,27+,28-/m0/s1. The van der Waals surface area contributed by atoms with Gasteiger partial charge in [0.2, 0.25) is 11.8 Å². The molecule has 0 spiro atoms. The van der Waals surface area contributed by atoms with Gasteiger partial charge in [-0.25, -0.2) is 0 Å². The Balaban J connectivity index is 1.85. The molecule has 0 aliphatic rings. The van der Waals surface area contributed by atoms with Gasteiger partial charge in [0.1, 0.15) is 6.61 Å². The first-order valence-corrected chi connectivity index (χ1v) is 13.0. The lowest BCUT2D eigenvalue weighted by atomic mass is 9.96. The van der Waals surface area contributed by atoms with Crippen LogP contribution in [-0.4, -0.2) is 48.2 Å². The number of allylic oxidation sites excluding steroid dienone is 2. The van der Waals surface area contributed by atoms with Crippen LogP contribution in [0.25, 0.3) is 0 Å². The molecule has 7 heteroatoms. The lowest BCUT2D eigenvalue weighted by molar-refractivity contribution is -0.149. The summed E-state index contributed by atoms with van der Waals surface area (Å²) in [6.07, 6.45) is 5.08. The molecule has 0 unspecified atom stereocenters. The number of rotatable bonds is 17. The summed E-state index contributed by atoms with van der Waals surface area (Å²) in [5, 5.41) is 15.4. The van der Waals surface area contributed by atoms with E-state index in [1.165, 1.54) is 0 Å². The third-order valence-corrected chi connectivity index (χ3v) is 6.14. The number of aliphatic hydroxyl groups excluding tert-OH is 1. The van der Waals surface area contributed by atoms with Crippen molar-refractivity contribution in [1.29, 1.82) is 0 Å². The van der Waals surface area contributed by atoms with Gasteiger partial charge in [0, 0.05) is 6.42 Å². The fourth-order valence-electron chi connectivity index (χ4n) is 4.14. The smallest absolute Gasteiger partial charge is 0.309 e. The van der Waals surface area contributed by atoms with Gasteiger partial charge in [-0.15, -0.1) is 13.2 Å². The fourth-order valence-corrected chi connectivity index (χ4v) is 4.14. The Hall–Kier alpha value is -3.71. The van der Waals surface area contributed by atoms with Crippen LogP contribution < -0.4 is 10.6 Å². The molecule has 0 saturated heterocycles. The van der Waals surface area contributed by atoms with Crippen LogP contribution in [0.2, 0.25) is 0 Å². The Morgan fingerprint density at radius 1 is 0.868 bits per heavy atom. The average Bonchev–Trinajstić information content (AvgIpc) is 2.92. The topological polar surface area (TPSA) is 105 Å². The van der Waals surface area contributed by atoms with Gasteiger partial charge in [-0.2, -0.15) is 0 Å². The molecule has 0 saturated carbocycles. The van der Waals surface area contributed by atoms with Gasteiger partial charge in [0.15, 0.2) is 0 Å². The largest absolute Gasteiger partial charge is 0.463 e. The van der Waals surface area contributed by atoms with Crippen LogP contribution in [0.15, 0.2) is 86.0 Å². The van der Waals surface area contributed by atoms with Crippen molar-refractivity contribution in [2.75, 3.05) is 13.2 Å². The first-order chi connectivity index (χ1) is 18.4. The average molecular weight is 521 g/mol. The summed E-state index contributed by atoms with van der Waals surface area (Å²) < 4.78 is 5.51. The molecular weight excluding hydrogens is 480 g/mol. The number of esters is 1. The van der Waals surface area contributed by atoms with Crippen LogP contribution in [0.5, 0.6) is 0 Å². The van der Waals surface area contributed by atoms with Crippen LogP contribution in [0.4, 0.5) is 0 Å². The maximum atomic E-state index is 12.9. The van der Waals surface area contributed by atoms with Crippen LogP contribution in [-0.2, 0) is 32.0 Å². The predicted octanol–water partition coefficient (Wildman–Crippen LogP) is 3.77. The normalized spacial score (nSPS) is 13.8. The summed E-state index contributed by atoms with van der Waals surface area (Å²) in [5.74, 6) is -1.97. The minimum Gasteiger partial charge on any atom is -0.463 e. The quantitative estimate of drug-likeness (QED) is 0.218. The maximum absolute atomic E-state index is 12.9. The molecule has 3 N–H and O–H groups in total. The second-order valence-electron chi connectivity index (χ2n) is 9.51. The molecule has 2 aromatic carbocycles. The highest BCUT2D eigenvalue weighted by Crippen LogP contribution is 2.16. The Labute approximate surface area is 226 Å². The number of amides is 2. The van der Waals surface area contributed by atoms with Crippen LogP contribution in [0.3, 0.4) is 0 Å². The van der Waals surface area contributed by atoms with Gasteiger partial charge < -0.3 is 20.5 Å². The second-order valence-corrected chi connectivity index (χ2v) is 9.51.